The number of aromatic nitrogens is 1. The third kappa shape index (κ3) is 5.96. The van der Waals surface area contributed by atoms with Crippen LogP contribution < -0.4 is 20.0 Å². The minimum Gasteiger partial charge on any atom is -0.534 e. The van der Waals surface area contributed by atoms with E-state index in [-0.39, 0.29) is 43.8 Å². The van der Waals surface area contributed by atoms with Gasteiger partial charge in [-0.15, -0.1) is 0 Å². The van der Waals surface area contributed by atoms with Crippen LogP contribution >= 0.6 is 11.6 Å². The molecule has 0 saturated carbocycles. The quantitative estimate of drug-likeness (QED) is 0.133. The van der Waals surface area contributed by atoms with E-state index < -0.39 is 71.2 Å². The van der Waals surface area contributed by atoms with Crippen molar-refractivity contribution < 1.29 is 52.7 Å². The number of piperazine rings is 1. The van der Waals surface area contributed by atoms with E-state index in [0.29, 0.717) is 16.5 Å². The molecule has 42 heavy (non-hydrogen) atoms. The number of rotatable bonds is 8. The summed E-state index contributed by atoms with van der Waals surface area (Å²) >= 11 is 5.97. The first kappa shape index (κ1) is 30.2. The molecule has 1 unspecified atom stereocenters. The van der Waals surface area contributed by atoms with Crippen LogP contribution in [0.15, 0.2) is 24.3 Å². The fraction of sp³-hybridized carbons (Fsp3) is 0.292. The maximum absolute atomic E-state index is 15.1. The van der Waals surface area contributed by atoms with Crippen LogP contribution in [0.1, 0.15) is 34.6 Å². The third-order valence-corrected chi connectivity index (χ3v) is 6.79. The summed E-state index contributed by atoms with van der Waals surface area (Å²) in [7, 11) is -1.76. The SMILES string of the molecule is CCN1CCN(C(=O)NC(C(=O)N[C@H]2Cc3cccc(C(=O)O)c3OB2O)c2nc(Cl)c(OC=O)cc2F)C(=O)C1=O. The lowest BCUT2D eigenvalue weighted by atomic mass is 9.72. The van der Waals surface area contributed by atoms with Crippen LogP contribution in [0, 0.1) is 5.82 Å². The van der Waals surface area contributed by atoms with Crippen molar-refractivity contribution in [2.45, 2.75) is 25.3 Å². The number of carboxylic acid groups (broad SMARTS) is 1. The van der Waals surface area contributed by atoms with Gasteiger partial charge in [-0.2, -0.15) is 0 Å². The highest BCUT2D eigenvalue weighted by atomic mass is 35.5. The molecule has 3 heterocycles. The van der Waals surface area contributed by atoms with E-state index in [1.165, 1.54) is 23.1 Å². The molecule has 2 atom stereocenters. The van der Waals surface area contributed by atoms with Crippen molar-refractivity contribution in [3.63, 3.8) is 0 Å². The number of carboxylic acids is 1. The molecule has 2 aliphatic heterocycles. The van der Waals surface area contributed by atoms with E-state index in [4.69, 9.17) is 16.3 Å². The van der Waals surface area contributed by atoms with Crippen molar-refractivity contribution in [3.8, 4) is 11.5 Å². The number of amides is 5. The molecule has 1 aromatic carbocycles. The van der Waals surface area contributed by atoms with Gasteiger partial charge in [0, 0.05) is 25.7 Å². The van der Waals surface area contributed by atoms with Gasteiger partial charge in [0.05, 0.1) is 11.5 Å². The molecule has 4 rings (SSSR count). The number of hydrogen-bond acceptors (Lipinski definition) is 10. The van der Waals surface area contributed by atoms with Gasteiger partial charge in [-0.05, 0) is 25.0 Å². The molecule has 4 N–H and O–H groups in total. The number of para-hydroxylation sites is 1. The Morgan fingerprint density at radius 2 is 2.05 bits per heavy atom. The monoisotopic (exact) mass is 605 g/mol. The van der Waals surface area contributed by atoms with E-state index in [1.807, 2.05) is 0 Å². The molecule has 0 radical (unpaired) electrons. The molecular formula is C24H22BClFN5O10. The van der Waals surface area contributed by atoms with Gasteiger partial charge < -0.3 is 35.1 Å². The van der Waals surface area contributed by atoms with E-state index >= 15 is 4.39 Å². The first-order valence-electron chi connectivity index (χ1n) is 12.3. The predicted octanol–water partition coefficient (Wildman–Crippen LogP) is -0.311. The molecule has 2 aromatic rings. The standard InChI is InChI=1S/C24H22BClFN5O10/c1-2-31-6-7-32(22(36)21(31)35)24(39)30-17(16-13(27)9-14(41-10-33)19(26)29-16)20(34)28-15-8-11-4-3-5-12(23(37)38)18(11)42-25(15)40/h3-5,9-10,15,17,40H,2,6-8H2,1H3,(H,28,34)(H,30,39)(H,37,38)/t15-,17?/m0/s1. The summed E-state index contributed by atoms with van der Waals surface area (Å²) in [5, 5.41) is 23.9. The molecule has 1 fully saturated rings. The summed E-state index contributed by atoms with van der Waals surface area (Å²) in [4.78, 5) is 79.1. The predicted molar refractivity (Wildman–Crippen MR) is 139 cm³/mol. The van der Waals surface area contributed by atoms with Gasteiger partial charge in [-0.25, -0.2) is 19.0 Å². The Hall–Kier alpha value is -4.77. The van der Waals surface area contributed by atoms with Crippen LogP contribution in [0.25, 0.3) is 0 Å². The van der Waals surface area contributed by atoms with Gasteiger partial charge in [0.2, 0.25) is 5.91 Å². The summed E-state index contributed by atoms with van der Waals surface area (Å²) in [5.74, 6) is -7.65. The molecule has 15 nitrogen and oxygen atoms in total. The number of ether oxygens (including phenoxy) is 1. The van der Waals surface area contributed by atoms with Gasteiger partial charge >= 0.3 is 30.9 Å². The van der Waals surface area contributed by atoms with Crippen molar-refractivity contribution >= 4 is 54.9 Å². The Balaban J connectivity index is 1.63. The molecule has 1 aromatic heterocycles. The van der Waals surface area contributed by atoms with E-state index in [0.717, 1.165) is 0 Å². The Morgan fingerprint density at radius 1 is 1.31 bits per heavy atom. The Labute approximate surface area is 241 Å². The summed E-state index contributed by atoms with van der Waals surface area (Å²) in [6, 6.07) is 1.63. The minimum atomic E-state index is -1.99. The zero-order valence-electron chi connectivity index (χ0n) is 21.7. The van der Waals surface area contributed by atoms with E-state index in [2.05, 4.69) is 20.4 Å². The average molecular weight is 606 g/mol. The summed E-state index contributed by atoms with van der Waals surface area (Å²) in [5.41, 5.74) is -0.649. The minimum absolute atomic E-state index is 0.0187. The Kier molecular flexibility index (Phi) is 8.92. The summed E-state index contributed by atoms with van der Waals surface area (Å²) in [6.07, 6.45) is -0.126. The number of urea groups is 1. The van der Waals surface area contributed by atoms with Crippen molar-refractivity contribution in [2.24, 2.45) is 0 Å². The number of pyridine rings is 1. The Morgan fingerprint density at radius 3 is 2.71 bits per heavy atom. The first-order chi connectivity index (χ1) is 20.0. The molecule has 5 amide bonds. The number of likely N-dealkylation sites (N-methyl/N-ethyl adjacent to an activating group) is 1. The number of halogens is 2. The lowest BCUT2D eigenvalue weighted by Gasteiger charge is -2.33. The second-order valence-corrected chi connectivity index (χ2v) is 9.37. The molecular weight excluding hydrogens is 584 g/mol. The lowest BCUT2D eigenvalue weighted by molar-refractivity contribution is -0.153. The maximum atomic E-state index is 15.1. The number of nitrogens with zero attached hydrogens (tertiary/aromatic N) is 3. The van der Waals surface area contributed by atoms with Gasteiger partial charge in [-0.1, -0.05) is 23.7 Å². The maximum Gasteiger partial charge on any atom is 0.547 e. The Bertz CT molecular complexity index is 1480. The fourth-order valence-corrected chi connectivity index (χ4v) is 4.60. The smallest absolute Gasteiger partial charge is 0.534 e. The van der Waals surface area contributed by atoms with Crippen LogP contribution in [-0.4, -0.2) is 93.8 Å². The highest BCUT2D eigenvalue weighted by Crippen LogP contribution is 2.31. The van der Waals surface area contributed by atoms with Crippen LogP contribution in [0.3, 0.4) is 0 Å². The van der Waals surface area contributed by atoms with Crippen molar-refractivity contribution in [1.82, 2.24) is 25.4 Å². The molecule has 220 valence electrons. The number of hydrogen-bond donors (Lipinski definition) is 4. The van der Waals surface area contributed by atoms with Crippen molar-refractivity contribution in [1.29, 1.82) is 0 Å². The van der Waals surface area contributed by atoms with Crippen molar-refractivity contribution in [3.05, 3.63) is 52.1 Å². The lowest BCUT2D eigenvalue weighted by Crippen LogP contribution is -2.60. The highest BCUT2D eigenvalue weighted by molar-refractivity contribution is 6.47. The molecule has 18 heteroatoms. The second-order valence-electron chi connectivity index (χ2n) is 9.01. The number of carbonyl (C=O) groups is 6. The molecule has 1 saturated heterocycles. The second kappa shape index (κ2) is 12.4. The zero-order valence-corrected chi connectivity index (χ0v) is 22.5. The largest absolute Gasteiger partial charge is 0.547 e. The van der Waals surface area contributed by atoms with Crippen LogP contribution in [0.4, 0.5) is 9.18 Å². The highest BCUT2D eigenvalue weighted by Gasteiger charge is 2.42. The zero-order chi connectivity index (χ0) is 30.7. The van der Waals surface area contributed by atoms with Gasteiger partial charge in [0.1, 0.15) is 11.4 Å². The number of benzene rings is 1. The molecule has 0 aliphatic carbocycles. The van der Waals surface area contributed by atoms with Crippen LogP contribution in [0.2, 0.25) is 5.15 Å². The average Bonchev–Trinajstić information content (AvgIpc) is 2.95. The number of aromatic carboxylic acids is 1. The van der Waals surface area contributed by atoms with Crippen molar-refractivity contribution in [2.75, 3.05) is 19.6 Å². The summed E-state index contributed by atoms with van der Waals surface area (Å²) in [6.45, 7) is 1.62. The van der Waals surface area contributed by atoms with Gasteiger partial charge in [0.15, 0.2) is 22.8 Å². The number of carbonyl (C=O) groups excluding carboxylic acids is 5. The fourth-order valence-electron chi connectivity index (χ4n) is 4.41. The van der Waals surface area contributed by atoms with Gasteiger partial charge in [-0.3, -0.25) is 24.1 Å². The van der Waals surface area contributed by atoms with Crippen LogP contribution in [-0.2, 0) is 25.6 Å². The van der Waals surface area contributed by atoms with Gasteiger partial charge in [0.25, 0.3) is 6.47 Å². The van der Waals surface area contributed by atoms with Crippen LogP contribution in [0.5, 0.6) is 11.5 Å². The van der Waals surface area contributed by atoms with E-state index in [1.54, 1.807) is 6.92 Å². The molecule has 2 aliphatic rings. The first-order valence-corrected chi connectivity index (χ1v) is 12.7. The normalized spacial score (nSPS) is 17.1. The topological polar surface area (TPSA) is 205 Å². The molecule has 0 spiro atoms. The summed E-state index contributed by atoms with van der Waals surface area (Å²) < 4.78 is 25.0. The third-order valence-electron chi connectivity index (χ3n) is 6.52. The number of nitrogens with one attached hydrogen (secondary N) is 2. The van der Waals surface area contributed by atoms with E-state index in [9.17, 15) is 38.9 Å². The number of imide groups is 1. The molecule has 0 bridgehead atoms. The number of fused-ring (bicyclic) bond motifs is 1.